The van der Waals surface area contributed by atoms with Crippen LogP contribution in [0.3, 0.4) is 0 Å². The Morgan fingerprint density at radius 2 is 1.65 bits per heavy atom. The molecule has 1 aromatic carbocycles. The molecule has 0 amide bonds. The average molecular weight is 522 g/mol. The molecule has 3 aromatic rings. The molecule has 2 N–H and O–H groups in total. The minimum absolute atomic E-state index is 0.0495. The van der Waals surface area contributed by atoms with Crippen molar-refractivity contribution in [2.75, 3.05) is 58.8 Å². The van der Waals surface area contributed by atoms with E-state index in [-0.39, 0.29) is 28.9 Å². The van der Waals surface area contributed by atoms with E-state index in [9.17, 15) is 0 Å². The van der Waals surface area contributed by atoms with Gasteiger partial charge >= 0.3 is 0 Å². The Morgan fingerprint density at radius 3 is 2.14 bits per heavy atom. The van der Waals surface area contributed by atoms with Gasteiger partial charge in [0.2, 0.25) is 5.95 Å². The molecule has 2 aromatic heterocycles. The molecule has 3 rings (SSSR count). The maximum Gasteiger partial charge on any atom is 0.223 e. The number of fused-ring (bicyclic) bond motifs is 1. The van der Waals surface area contributed by atoms with Crippen LogP contribution in [0.1, 0.15) is 33.6 Å². The molecule has 9 nitrogen and oxygen atoms in total. The fourth-order valence-electron chi connectivity index (χ4n) is 3.42. The topological polar surface area (TPSA) is 99.7 Å². The van der Waals surface area contributed by atoms with Crippen molar-refractivity contribution in [1.29, 1.82) is 0 Å². The first-order valence-electron chi connectivity index (χ1n) is 12.2. The third kappa shape index (κ3) is 7.59. The molecule has 204 valence electrons. The largest absolute Gasteiger partial charge is 0.494 e. The van der Waals surface area contributed by atoms with Crippen molar-refractivity contribution in [3.05, 3.63) is 30.0 Å². The number of hydrogen-bond acceptors (Lipinski definition) is 9. The number of methoxy groups -OCH3 is 3. The van der Waals surface area contributed by atoms with Gasteiger partial charge in [-0.1, -0.05) is 13.8 Å². The van der Waals surface area contributed by atoms with E-state index >= 15 is 8.78 Å². The number of aromatic nitrogens is 3. The van der Waals surface area contributed by atoms with Crippen molar-refractivity contribution in [3.63, 3.8) is 0 Å². The van der Waals surface area contributed by atoms with Gasteiger partial charge in [-0.3, -0.25) is 0 Å². The smallest absolute Gasteiger partial charge is 0.223 e. The molecule has 0 aliphatic carbocycles. The highest BCUT2D eigenvalue weighted by Crippen LogP contribution is 2.38. The van der Waals surface area contributed by atoms with Gasteiger partial charge < -0.3 is 29.6 Å². The first kappa shape index (κ1) is 29.9. The molecule has 0 saturated carbocycles. The van der Waals surface area contributed by atoms with E-state index in [1.807, 2.05) is 13.8 Å². The number of nitrogens with one attached hydrogen (secondary N) is 2. The summed E-state index contributed by atoms with van der Waals surface area (Å²) >= 11 is 0. The maximum absolute atomic E-state index is 15.1. The molecule has 1 atom stereocenters. The fraction of sp³-hybridized carbons (Fsp3) is 0.500. The maximum atomic E-state index is 15.1. The molecular weight excluding hydrogens is 484 g/mol. The number of anilines is 2. The van der Waals surface area contributed by atoms with Gasteiger partial charge in [-0.2, -0.15) is 0 Å². The first-order chi connectivity index (χ1) is 17.9. The third-order valence-corrected chi connectivity index (χ3v) is 5.46. The number of pyridine rings is 1. The predicted molar refractivity (Wildman–Crippen MR) is 142 cm³/mol. The summed E-state index contributed by atoms with van der Waals surface area (Å²) in [5.41, 5.74) is 0.191. The molecule has 2 heterocycles. The lowest BCUT2D eigenvalue weighted by Gasteiger charge is -2.17. The van der Waals surface area contributed by atoms with Crippen LogP contribution in [0.4, 0.5) is 20.5 Å². The van der Waals surface area contributed by atoms with Crippen LogP contribution in [-0.4, -0.2) is 69.2 Å². The number of rotatable bonds is 12. The van der Waals surface area contributed by atoms with E-state index < -0.39 is 11.6 Å². The van der Waals surface area contributed by atoms with E-state index in [1.54, 1.807) is 20.4 Å². The van der Waals surface area contributed by atoms with E-state index in [2.05, 4.69) is 32.5 Å². The summed E-state index contributed by atoms with van der Waals surface area (Å²) in [6.07, 6.45) is 3.39. The number of ether oxygens (including phenoxy) is 4. The second-order valence-electron chi connectivity index (χ2n) is 7.87. The van der Waals surface area contributed by atoms with Crippen molar-refractivity contribution >= 4 is 22.7 Å². The molecule has 0 aliphatic rings. The zero-order chi connectivity index (χ0) is 27.4. The lowest BCUT2D eigenvalue weighted by Crippen LogP contribution is -2.21. The molecular formula is C26H37F2N5O4. The Kier molecular flexibility index (Phi) is 12.2. The van der Waals surface area contributed by atoms with Gasteiger partial charge in [0.05, 0.1) is 31.6 Å². The van der Waals surface area contributed by atoms with Crippen molar-refractivity contribution in [2.24, 2.45) is 0 Å². The molecule has 1 unspecified atom stereocenters. The highest BCUT2D eigenvalue weighted by molar-refractivity contribution is 5.92. The second kappa shape index (κ2) is 15.1. The van der Waals surface area contributed by atoms with Crippen LogP contribution in [0, 0.1) is 11.6 Å². The number of benzene rings is 1. The molecule has 0 aliphatic heterocycles. The molecule has 0 bridgehead atoms. The SMILES string of the molecule is CCC(CNc1nc(-c2c(F)c(OC)cc(OC)c2F)cc2cnc(NC)nc12)OC.CCCOCC. The summed E-state index contributed by atoms with van der Waals surface area (Å²) in [4.78, 5) is 13.1. The van der Waals surface area contributed by atoms with Gasteiger partial charge in [-0.05, 0) is 25.8 Å². The quantitative estimate of drug-likeness (QED) is 0.308. The van der Waals surface area contributed by atoms with Gasteiger partial charge in [-0.15, -0.1) is 0 Å². The van der Waals surface area contributed by atoms with E-state index in [4.69, 9.17) is 18.9 Å². The van der Waals surface area contributed by atoms with Crippen LogP contribution >= 0.6 is 0 Å². The van der Waals surface area contributed by atoms with Gasteiger partial charge in [0.25, 0.3) is 0 Å². The Labute approximate surface area is 216 Å². The molecule has 37 heavy (non-hydrogen) atoms. The highest BCUT2D eigenvalue weighted by Gasteiger charge is 2.24. The van der Waals surface area contributed by atoms with Gasteiger partial charge in [0.15, 0.2) is 29.0 Å². The zero-order valence-electron chi connectivity index (χ0n) is 22.6. The monoisotopic (exact) mass is 521 g/mol. The summed E-state index contributed by atoms with van der Waals surface area (Å²) in [6, 6.07) is 2.68. The Hall–Kier alpha value is -3.31. The Bertz CT molecular complexity index is 1110. The van der Waals surface area contributed by atoms with Crippen LogP contribution in [0.2, 0.25) is 0 Å². The predicted octanol–water partition coefficient (Wildman–Crippen LogP) is 5.30. The summed E-state index contributed by atoms with van der Waals surface area (Å²) in [5.74, 6) is -1.33. The van der Waals surface area contributed by atoms with Gasteiger partial charge in [-0.25, -0.2) is 23.7 Å². The van der Waals surface area contributed by atoms with E-state index in [1.165, 1.54) is 20.3 Å². The number of nitrogens with zero attached hydrogens (tertiary/aromatic N) is 3. The minimum atomic E-state index is -0.880. The summed E-state index contributed by atoms with van der Waals surface area (Å²) in [7, 11) is 5.90. The lowest BCUT2D eigenvalue weighted by atomic mass is 10.1. The van der Waals surface area contributed by atoms with Crippen molar-refractivity contribution in [1.82, 2.24) is 15.0 Å². The second-order valence-corrected chi connectivity index (χ2v) is 7.87. The van der Waals surface area contributed by atoms with Crippen LogP contribution in [-0.2, 0) is 9.47 Å². The summed E-state index contributed by atoms with van der Waals surface area (Å²) < 4.78 is 50.6. The third-order valence-electron chi connectivity index (χ3n) is 5.46. The van der Waals surface area contributed by atoms with Gasteiger partial charge in [0, 0.05) is 51.6 Å². The van der Waals surface area contributed by atoms with Crippen molar-refractivity contribution in [2.45, 2.75) is 39.7 Å². The lowest BCUT2D eigenvalue weighted by molar-refractivity contribution is 0.110. The molecule has 0 spiro atoms. The van der Waals surface area contributed by atoms with Crippen LogP contribution in [0.15, 0.2) is 18.3 Å². The molecule has 0 radical (unpaired) electrons. The Morgan fingerprint density at radius 1 is 0.973 bits per heavy atom. The number of halogens is 2. The van der Waals surface area contributed by atoms with E-state index in [0.29, 0.717) is 29.2 Å². The summed E-state index contributed by atoms with van der Waals surface area (Å²) in [6.45, 7) is 8.31. The minimum Gasteiger partial charge on any atom is -0.494 e. The van der Waals surface area contributed by atoms with Crippen LogP contribution in [0.25, 0.3) is 22.2 Å². The van der Waals surface area contributed by atoms with Crippen molar-refractivity contribution in [3.8, 4) is 22.8 Å². The molecule has 0 saturated heterocycles. The molecule has 0 fully saturated rings. The van der Waals surface area contributed by atoms with Crippen molar-refractivity contribution < 1.29 is 27.7 Å². The number of hydrogen-bond donors (Lipinski definition) is 2. The van der Waals surface area contributed by atoms with Crippen LogP contribution < -0.4 is 20.1 Å². The van der Waals surface area contributed by atoms with E-state index in [0.717, 1.165) is 32.1 Å². The fourth-order valence-corrected chi connectivity index (χ4v) is 3.42. The van der Waals surface area contributed by atoms with Gasteiger partial charge in [0.1, 0.15) is 5.52 Å². The normalized spacial score (nSPS) is 11.5. The van der Waals surface area contributed by atoms with Crippen LogP contribution in [0.5, 0.6) is 11.5 Å². The zero-order valence-corrected chi connectivity index (χ0v) is 22.6. The average Bonchev–Trinajstić information content (AvgIpc) is 2.92. The molecule has 11 heteroatoms. The first-order valence-corrected chi connectivity index (χ1v) is 12.2. The highest BCUT2D eigenvalue weighted by atomic mass is 19.1. The summed E-state index contributed by atoms with van der Waals surface area (Å²) in [5, 5.41) is 6.61. The Balaban J connectivity index is 0.000000717. The standard InChI is InChI=1S/C21H25F2N5O3.C5H12O/c1-6-12(29-3)10-25-20-19-11(9-26-21(24-2)28-19)7-13(27-20)16-17(22)14(30-4)8-15(31-5)18(16)23;1-3-5-6-4-2/h7-9,12H,6,10H2,1-5H3,(H,25,27)(H,24,26,28);3-5H2,1-2H3.